The van der Waals surface area contributed by atoms with E-state index in [1.54, 1.807) is 12.1 Å². The quantitative estimate of drug-likeness (QED) is 0.651. The van der Waals surface area contributed by atoms with Gasteiger partial charge in [-0.25, -0.2) is 8.42 Å². The fourth-order valence-corrected chi connectivity index (χ4v) is 4.64. The number of aryl methyl sites for hydroxylation is 1. The van der Waals surface area contributed by atoms with Crippen molar-refractivity contribution in [2.24, 2.45) is 5.92 Å². The minimum atomic E-state index is -3.44. The lowest BCUT2D eigenvalue weighted by Gasteiger charge is -2.31. The van der Waals surface area contributed by atoms with Gasteiger partial charge in [-0.3, -0.25) is 4.79 Å². The molecule has 1 aliphatic rings. The number of hydrogen-bond donors (Lipinski definition) is 1. The highest BCUT2D eigenvalue weighted by Gasteiger charge is 2.30. The van der Waals surface area contributed by atoms with Crippen LogP contribution in [-0.2, 0) is 19.6 Å². The maximum absolute atomic E-state index is 12.7. The largest absolute Gasteiger partial charge is 0.379 e. The van der Waals surface area contributed by atoms with Crippen LogP contribution in [0.25, 0.3) is 0 Å². The molecule has 1 heterocycles. The Labute approximate surface area is 163 Å². The first-order valence-corrected chi connectivity index (χ1v) is 11.2. The van der Waals surface area contributed by atoms with Crippen LogP contribution in [0, 0.1) is 12.8 Å². The van der Waals surface area contributed by atoms with Gasteiger partial charge in [-0.05, 0) is 58.1 Å². The maximum atomic E-state index is 12.7. The summed E-state index contributed by atoms with van der Waals surface area (Å²) in [6.45, 7) is 8.12. The van der Waals surface area contributed by atoms with Crippen molar-refractivity contribution in [1.82, 2.24) is 9.62 Å². The normalized spacial score (nSPS) is 16.6. The lowest BCUT2D eigenvalue weighted by Crippen LogP contribution is -2.39. The van der Waals surface area contributed by atoms with E-state index in [1.807, 2.05) is 32.9 Å². The van der Waals surface area contributed by atoms with Crippen molar-refractivity contribution in [2.45, 2.75) is 57.5 Å². The minimum Gasteiger partial charge on any atom is -0.379 e. The number of carbonyl (C=O) groups is 1. The monoisotopic (exact) mass is 396 g/mol. The molecule has 0 atom stereocenters. The van der Waals surface area contributed by atoms with Crippen molar-refractivity contribution in [3.8, 4) is 0 Å². The van der Waals surface area contributed by atoms with Gasteiger partial charge in [0.2, 0.25) is 15.9 Å². The van der Waals surface area contributed by atoms with Crippen LogP contribution in [0.1, 0.15) is 45.1 Å². The molecule has 1 saturated heterocycles. The van der Waals surface area contributed by atoms with Crippen molar-refractivity contribution in [2.75, 3.05) is 26.2 Å². The first kappa shape index (κ1) is 21.9. The fourth-order valence-electron chi connectivity index (χ4n) is 3.17. The second-order valence-electron chi connectivity index (χ2n) is 7.49. The molecular formula is C20H32N2O4S. The summed E-state index contributed by atoms with van der Waals surface area (Å²) >= 11 is 0. The standard InChI is InChI=1S/C20H32N2O4S/c1-16(2)26-14-4-11-21-20(23)15-18-9-12-22(13-10-18)27(24,25)19-7-5-17(3)6-8-19/h5-8,16,18H,4,9-15H2,1-3H3,(H,21,23). The van der Waals surface area contributed by atoms with Crippen LogP contribution in [0.15, 0.2) is 29.2 Å². The van der Waals surface area contributed by atoms with Gasteiger partial charge >= 0.3 is 0 Å². The van der Waals surface area contributed by atoms with Crippen LogP contribution in [0.3, 0.4) is 0 Å². The summed E-state index contributed by atoms with van der Waals surface area (Å²) in [5, 5.41) is 2.93. The van der Waals surface area contributed by atoms with Gasteiger partial charge in [0.05, 0.1) is 11.0 Å². The molecular weight excluding hydrogens is 364 g/mol. The summed E-state index contributed by atoms with van der Waals surface area (Å²) in [5.74, 6) is 0.278. The number of ether oxygens (including phenoxy) is 1. The Morgan fingerprint density at radius 3 is 2.44 bits per heavy atom. The summed E-state index contributed by atoms with van der Waals surface area (Å²) < 4.78 is 32.4. The molecule has 1 aliphatic heterocycles. The Balaban J connectivity index is 1.73. The third kappa shape index (κ3) is 6.90. The molecule has 0 radical (unpaired) electrons. The highest BCUT2D eigenvalue weighted by Crippen LogP contribution is 2.25. The zero-order valence-electron chi connectivity index (χ0n) is 16.6. The Hall–Kier alpha value is -1.44. The van der Waals surface area contributed by atoms with Crippen molar-refractivity contribution in [1.29, 1.82) is 0 Å². The Morgan fingerprint density at radius 1 is 1.22 bits per heavy atom. The number of rotatable bonds is 9. The van der Waals surface area contributed by atoms with Gasteiger partial charge in [0.25, 0.3) is 0 Å². The number of nitrogens with zero attached hydrogens (tertiary/aromatic N) is 1. The van der Waals surface area contributed by atoms with Crippen molar-refractivity contribution in [3.63, 3.8) is 0 Å². The first-order valence-electron chi connectivity index (χ1n) is 9.74. The van der Waals surface area contributed by atoms with Gasteiger partial charge in [-0.2, -0.15) is 4.31 Å². The molecule has 0 unspecified atom stereocenters. The average Bonchev–Trinajstić information content (AvgIpc) is 2.62. The lowest BCUT2D eigenvalue weighted by molar-refractivity contribution is -0.122. The van der Waals surface area contributed by atoms with Crippen LogP contribution in [0.2, 0.25) is 0 Å². The minimum absolute atomic E-state index is 0.0411. The number of piperidine rings is 1. The second-order valence-corrected chi connectivity index (χ2v) is 9.43. The van der Waals surface area contributed by atoms with Gasteiger partial charge in [-0.1, -0.05) is 17.7 Å². The third-order valence-electron chi connectivity index (χ3n) is 4.80. The summed E-state index contributed by atoms with van der Waals surface area (Å²) in [7, 11) is -3.44. The molecule has 1 N–H and O–H groups in total. The van der Waals surface area contributed by atoms with E-state index in [2.05, 4.69) is 5.32 Å². The molecule has 152 valence electrons. The molecule has 1 amide bonds. The van der Waals surface area contributed by atoms with E-state index in [-0.39, 0.29) is 17.9 Å². The molecule has 27 heavy (non-hydrogen) atoms. The number of sulfonamides is 1. The van der Waals surface area contributed by atoms with Crippen LogP contribution in [0.5, 0.6) is 0 Å². The van der Waals surface area contributed by atoms with Crippen molar-refractivity contribution in [3.05, 3.63) is 29.8 Å². The zero-order valence-corrected chi connectivity index (χ0v) is 17.4. The molecule has 2 rings (SSSR count). The highest BCUT2D eigenvalue weighted by atomic mass is 32.2. The Morgan fingerprint density at radius 2 is 1.85 bits per heavy atom. The van der Waals surface area contributed by atoms with Gasteiger partial charge < -0.3 is 10.1 Å². The summed E-state index contributed by atoms with van der Waals surface area (Å²) in [6, 6.07) is 6.95. The van der Waals surface area contributed by atoms with Crippen molar-refractivity contribution >= 4 is 15.9 Å². The van der Waals surface area contributed by atoms with Crippen LogP contribution in [0.4, 0.5) is 0 Å². The molecule has 6 nitrogen and oxygen atoms in total. The predicted octanol–water partition coefficient (Wildman–Crippen LogP) is 2.72. The molecule has 0 saturated carbocycles. The number of carbonyl (C=O) groups excluding carboxylic acids is 1. The van der Waals surface area contributed by atoms with Gasteiger partial charge in [0.1, 0.15) is 0 Å². The van der Waals surface area contributed by atoms with E-state index in [0.29, 0.717) is 37.6 Å². The summed E-state index contributed by atoms with van der Waals surface area (Å²) in [6.07, 6.45) is 2.91. The number of hydrogen-bond acceptors (Lipinski definition) is 4. The molecule has 0 bridgehead atoms. The SMILES string of the molecule is Cc1ccc(S(=O)(=O)N2CCC(CC(=O)NCCCOC(C)C)CC2)cc1. The Bertz CT molecular complexity index is 693. The second kappa shape index (κ2) is 10.2. The third-order valence-corrected chi connectivity index (χ3v) is 6.71. The molecule has 1 aromatic carbocycles. The average molecular weight is 397 g/mol. The van der Waals surface area contributed by atoms with Crippen LogP contribution < -0.4 is 5.32 Å². The van der Waals surface area contributed by atoms with E-state index in [4.69, 9.17) is 4.74 Å². The Kier molecular flexibility index (Phi) is 8.26. The zero-order chi connectivity index (χ0) is 19.9. The van der Waals surface area contributed by atoms with E-state index < -0.39 is 10.0 Å². The highest BCUT2D eigenvalue weighted by molar-refractivity contribution is 7.89. The smallest absolute Gasteiger partial charge is 0.243 e. The number of amides is 1. The summed E-state index contributed by atoms with van der Waals surface area (Å²) in [4.78, 5) is 12.4. The molecule has 7 heteroatoms. The van der Waals surface area contributed by atoms with Gasteiger partial charge in [0, 0.05) is 32.7 Å². The lowest BCUT2D eigenvalue weighted by atomic mass is 9.94. The number of benzene rings is 1. The number of nitrogens with one attached hydrogen (secondary N) is 1. The predicted molar refractivity (Wildman–Crippen MR) is 106 cm³/mol. The van der Waals surface area contributed by atoms with Crippen molar-refractivity contribution < 1.29 is 17.9 Å². The topological polar surface area (TPSA) is 75.7 Å². The molecule has 0 spiro atoms. The van der Waals surface area contributed by atoms with Gasteiger partial charge in [-0.15, -0.1) is 0 Å². The van der Waals surface area contributed by atoms with E-state index in [0.717, 1.165) is 24.8 Å². The molecule has 1 aromatic rings. The molecule has 0 aliphatic carbocycles. The summed E-state index contributed by atoms with van der Waals surface area (Å²) in [5.41, 5.74) is 1.04. The van der Waals surface area contributed by atoms with Gasteiger partial charge in [0.15, 0.2) is 0 Å². The maximum Gasteiger partial charge on any atom is 0.243 e. The molecule has 1 fully saturated rings. The van der Waals surface area contributed by atoms with Crippen LogP contribution in [-0.4, -0.2) is 51.0 Å². The van der Waals surface area contributed by atoms with E-state index in [9.17, 15) is 13.2 Å². The van der Waals surface area contributed by atoms with E-state index in [1.165, 1.54) is 4.31 Å². The molecule has 0 aromatic heterocycles. The van der Waals surface area contributed by atoms with E-state index >= 15 is 0 Å². The fraction of sp³-hybridized carbons (Fsp3) is 0.650. The van der Waals surface area contributed by atoms with Crippen LogP contribution >= 0.6 is 0 Å². The first-order chi connectivity index (χ1) is 12.8.